The van der Waals surface area contributed by atoms with Crippen LogP contribution < -0.4 is 10.6 Å². The van der Waals surface area contributed by atoms with Gasteiger partial charge in [-0.05, 0) is 36.8 Å². The predicted octanol–water partition coefficient (Wildman–Crippen LogP) is 3.73. The van der Waals surface area contributed by atoms with Gasteiger partial charge in [-0.15, -0.1) is 11.8 Å². The molecular weight excluding hydrogens is 376 g/mol. The number of aromatic nitrogens is 2. The SMILES string of the molecule is CCSc1nsc(NC(=O)CSc2cccc(NC(=O)C3CC3)c2)n1. The molecule has 0 bridgehead atoms. The van der Waals surface area contributed by atoms with E-state index in [1.807, 2.05) is 31.2 Å². The van der Waals surface area contributed by atoms with Gasteiger partial charge in [-0.2, -0.15) is 9.36 Å². The van der Waals surface area contributed by atoms with Gasteiger partial charge in [-0.1, -0.05) is 24.8 Å². The maximum Gasteiger partial charge on any atom is 0.236 e. The van der Waals surface area contributed by atoms with Gasteiger partial charge in [0.1, 0.15) is 0 Å². The second-order valence-corrected chi connectivity index (χ2v) is 8.48. The summed E-state index contributed by atoms with van der Waals surface area (Å²) in [6.07, 6.45) is 1.95. The summed E-state index contributed by atoms with van der Waals surface area (Å²) in [6, 6.07) is 7.55. The molecule has 1 heterocycles. The third-order valence-corrected chi connectivity index (χ3v) is 5.82. The van der Waals surface area contributed by atoms with Gasteiger partial charge in [0.25, 0.3) is 0 Å². The van der Waals surface area contributed by atoms with Crippen molar-refractivity contribution in [1.29, 1.82) is 0 Å². The fourth-order valence-electron chi connectivity index (χ4n) is 2.01. The zero-order valence-electron chi connectivity index (χ0n) is 13.7. The Labute approximate surface area is 158 Å². The molecule has 1 aliphatic carbocycles. The van der Waals surface area contributed by atoms with Crippen LogP contribution in [-0.4, -0.2) is 32.7 Å². The van der Waals surface area contributed by atoms with Crippen LogP contribution in [0.25, 0.3) is 0 Å². The number of benzene rings is 1. The third kappa shape index (κ3) is 5.72. The first kappa shape index (κ1) is 18.2. The summed E-state index contributed by atoms with van der Waals surface area (Å²) in [4.78, 5) is 29.0. The summed E-state index contributed by atoms with van der Waals surface area (Å²) in [5, 5.41) is 6.89. The number of nitrogens with one attached hydrogen (secondary N) is 2. The largest absolute Gasteiger partial charge is 0.326 e. The van der Waals surface area contributed by atoms with E-state index in [2.05, 4.69) is 20.0 Å². The van der Waals surface area contributed by atoms with Gasteiger partial charge < -0.3 is 5.32 Å². The first-order valence-corrected chi connectivity index (χ1v) is 10.7. The van der Waals surface area contributed by atoms with E-state index in [9.17, 15) is 9.59 Å². The van der Waals surface area contributed by atoms with Crippen molar-refractivity contribution in [1.82, 2.24) is 9.36 Å². The number of anilines is 2. The van der Waals surface area contributed by atoms with Gasteiger partial charge >= 0.3 is 0 Å². The number of nitrogens with zero attached hydrogens (tertiary/aromatic N) is 2. The van der Waals surface area contributed by atoms with Crippen LogP contribution in [0.1, 0.15) is 19.8 Å². The van der Waals surface area contributed by atoms with Crippen LogP contribution in [0.3, 0.4) is 0 Å². The molecule has 1 aromatic heterocycles. The van der Waals surface area contributed by atoms with E-state index in [0.717, 1.165) is 29.2 Å². The number of thioether (sulfide) groups is 2. The Bertz CT molecular complexity index is 761. The number of amides is 2. The molecule has 1 aliphatic rings. The summed E-state index contributed by atoms with van der Waals surface area (Å²) in [6.45, 7) is 2.03. The van der Waals surface area contributed by atoms with Crippen LogP contribution in [-0.2, 0) is 9.59 Å². The summed E-state index contributed by atoms with van der Waals surface area (Å²) < 4.78 is 4.17. The Morgan fingerprint density at radius 1 is 1.28 bits per heavy atom. The molecule has 3 rings (SSSR count). The van der Waals surface area contributed by atoms with Gasteiger partial charge in [0.05, 0.1) is 5.75 Å². The van der Waals surface area contributed by atoms with Crippen molar-refractivity contribution < 1.29 is 9.59 Å². The summed E-state index contributed by atoms with van der Waals surface area (Å²) in [5.41, 5.74) is 0.771. The second-order valence-electron chi connectivity index (χ2n) is 5.44. The molecule has 2 amide bonds. The van der Waals surface area contributed by atoms with Gasteiger partial charge in [0.15, 0.2) is 0 Å². The minimum absolute atomic E-state index is 0.0805. The topological polar surface area (TPSA) is 84.0 Å². The smallest absolute Gasteiger partial charge is 0.236 e. The molecule has 6 nitrogen and oxygen atoms in total. The molecule has 132 valence electrons. The van der Waals surface area contributed by atoms with Crippen molar-refractivity contribution in [3.05, 3.63) is 24.3 Å². The lowest BCUT2D eigenvalue weighted by Crippen LogP contribution is -2.14. The summed E-state index contributed by atoms with van der Waals surface area (Å²) >= 11 is 4.15. The van der Waals surface area contributed by atoms with Crippen LogP contribution >= 0.6 is 35.1 Å². The van der Waals surface area contributed by atoms with E-state index in [0.29, 0.717) is 10.3 Å². The molecule has 0 atom stereocenters. The summed E-state index contributed by atoms with van der Waals surface area (Å²) in [7, 11) is 0. The van der Waals surface area contributed by atoms with E-state index in [1.165, 1.54) is 23.3 Å². The Morgan fingerprint density at radius 3 is 2.88 bits per heavy atom. The molecule has 0 saturated heterocycles. The molecule has 1 aromatic carbocycles. The Morgan fingerprint density at radius 2 is 2.12 bits per heavy atom. The first-order chi connectivity index (χ1) is 12.1. The van der Waals surface area contributed by atoms with Crippen LogP contribution in [0.2, 0.25) is 0 Å². The van der Waals surface area contributed by atoms with Crippen molar-refractivity contribution in [3.63, 3.8) is 0 Å². The maximum atomic E-state index is 12.0. The normalized spacial score (nSPS) is 13.5. The van der Waals surface area contributed by atoms with Crippen LogP contribution in [0, 0.1) is 5.92 Å². The molecular formula is C16H18N4O2S3. The van der Waals surface area contributed by atoms with E-state index in [-0.39, 0.29) is 23.5 Å². The minimum atomic E-state index is -0.124. The van der Waals surface area contributed by atoms with E-state index in [1.54, 1.807) is 11.8 Å². The second kappa shape index (κ2) is 8.68. The fourth-order valence-corrected chi connectivity index (χ4v) is 4.05. The van der Waals surface area contributed by atoms with E-state index in [4.69, 9.17) is 0 Å². The monoisotopic (exact) mass is 394 g/mol. The van der Waals surface area contributed by atoms with E-state index >= 15 is 0 Å². The predicted molar refractivity (Wildman–Crippen MR) is 103 cm³/mol. The quantitative estimate of drug-likeness (QED) is 0.664. The highest BCUT2D eigenvalue weighted by molar-refractivity contribution is 8.00. The zero-order valence-corrected chi connectivity index (χ0v) is 16.1. The number of carbonyl (C=O) groups excluding carboxylic acids is 2. The molecule has 0 spiro atoms. The average Bonchev–Trinajstić information content (AvgIpc) is 3.36. The molecule has 9 heteroatoms. The van der Waals surface area contributed by atoms with Crippen molar-refractivity contribution in [2.24, 2.45) is 5.92 Å². The Balaban J connectivity index is 1.48. The molecule has 0 aliphatic heterocycles. The number of carbonyl (C=O) groups is 2. The number of rotatable bonds is 8. The molecule has 2 N–H and O–H groups in total. The molecule has 0 unspecified atom stereocenters. The molecule has 2 aromatic rings. The van der Waals surface area contributed by atoms with Gasteiger partial charge in [-0.3, -0.25) is 14.9 Å². The molecule has 1 saturated carbocycles. The minimum Gasteiger partial charge on any atom is -0.326 e. The zero-order chi connectivity index (χ0) is 17.6. The van der Waals surface area contributed by atoms with Crippen LogP contribution in [0.4, 0.5) is 10.8 Å². The van der Waals surface area contributed by atoms with Gasteiger partial charge in [0, 0.05) is 28.0 Å². The lowest BCUT2D eigenvalue weighted by atomic mass is 10.3. The Kier molecular flexibility index (Phi) is 6.33. The first-order valence-electron chi connectivity index (χ1n) is 7.94. The van der Waals surface area contributed by atoms with E-state index < -0.39 is 0 Å². The van der Waals surface area contributed by atoms with Crippen molar-refractivity contribution in [2.45, 2.75) is 29.8 Å². The lowest BCUT2D eigenvalue weighted by molar-refractivity contribution is -0.117. The number of hydrogen-bond donors (Lipinski definition) is 2. The Hall–Kier alpha value is -1.58. The highest BCUT2D eigenvalue weighted by Gasteiger charge is 2.29. The van der Waals surface area contributed by atoms with Crippen molar-refractivity contribution >= 4 is 57.7 Å². The van der Waals surface area contributed by atoms with Crippen LogP contribution in [0.5, 0.6) is 0 Å². The average molecular weight is 395 g/mol. The highest BCUT2D eigenvalue weighted by atomic mass is 32.2. The third-order valence-electron chi connectivity index (χ3n) is 3.35. The van der Waals surface area contributed by atoms with Crippen molar-refractivity contribution in [2.75, 3.05) is 22.1 Å². The lowest BCUT2D eigenvalue weighted by Gasteiger charge is -2.07. The molecule has 0 radical (unpaired) electrons. The molecule has 25 heavy (non-hydrogen) atoms. The molecule has 1 fully saturated rings. The standard InChI is InChI=1S/C16H18N4O2S3/c1-2-23-16-19-15(25-20-16)18-13(21)9-24-12-5-3-4-11(8-12)17-14(22)10-6-7-10/h3-5,8,10H,2,6-7,9H2,1H3,(H,17,22)(H,18,19,20,21). The number of hydrogen-bond acceptors (Lipinski definition) is 7. The van der Waals surface area contributed by atoms with Gasteiger partial charge in [0.2, 0.25) is 22.1 Å². The highest BCUT2D eigenvalue weighted by Crippen LogP contribution is 2.31. The summed E-state index contributed by atoms with van der Waals surface area (Å²) in [5.74, 6) is 1.30. The maximum absolute atomic E-state index is 12.0. The van der Waals surface area contributed by atoms with Crippen LogP contribution in [0.15, 0.2) is 34.3 Å². The van der Waals surface area contributed by atoms with Gasteiger partial charge in [-0.25, -0.2) is 0 Å². The fraction of sp³-hybridized carbons (Fsp3) is 0.375. The van der Waals surface area contributed by atoms with Crippen molar-refractivity contribution in [3.8, 4) is 0 Å².